The van der Waals surface area contributed by atoms with Crippen LogP contribution >= 0.6 is 27.3 Å². The van der Waals surface area contributed by atoms with Crippen molar-refractivity contribution in [1.82, 2.24) is 14.9 Å². The maximum Gasteiger partial charge on any atom is 0.122 e. The van der Waals surface area contributed by atoms with Gasteiger partial charge in [-0.1, -0.05) is 0 Å². The van der Waals surface area contributed by atoms with Crippen molar-refractivity contribution in [2.45, 2.75) is 39.4 Å². The number of nitrogens with zero attached hydrogens (tertiary/aromatic N) is 2. The summed E-state index contributed by atoms with van der Waals surface area (Å²) in [6, 6.07) is 4.24. The summed E-state index contributed by atoms with van der Waals surface area (Å²) in [5.74, 6) is 1.08. The fourth-order valence-corrected chi connectivity index (χ4v) is 3.08. The summed E-state index contributed by atoms with van der Waals surface area (Å²) in [6.45, 7) is 8.17. The lowest BCUT2D eigenvalue weighted by Crippen LogP contribution is -2.35. The van der Waals surface area contributed by atoms with Crippen molar-refractivity contribution in [3.8, 4) is 0 Å². The van der Waals surface area contributed by atoms with Crippen molar-refractivity contribution in [3.05, 3.63) is 39.0 Å². The van der Waals surface area contributed by atoms with Crippen molar-refractivity contribution in [1.29, 1.82) is 0 Å². The van der Waals surface area contributed by atoms with Crippen LogP contribution in [0.5, 0.6) is 0 Å². The van der Waals surface area contributed by atoms with Gasteiger partial charge in [-0.25, -0.2) is 4.98 Å². The average molecular weight is 328 g/mol. The van der Waals surface area contributed by atoms with Gasteiger partial charge in [-0.15, -0.1) is 11.3 Å². The Bertz CT molecular complexity index is 510. The Hall–Kier alpha value is -0.650. The van der Waals surface area contributed by atoms with Crippen LogP contribution in [0, 0.1) is 0 Å². The van der Waals surface area contributed by atoms with E-state index in [1.54, 1.807) is 11.3 Å². The fraction of sp³-hybridized carbons (Fsp3) is 0.462. The number of hydrogen-bond acceptors (Lipinski definition) is 3. The highest BCUT2D eigenvalue weighted by Crippen LogP contribution is 2.23. The number of halogens is 1. The van der Waals surface area contributed by atoms with Gasteiger partial charge in [0.05, 0.1) is 16.9 Å². The van der Waals surface area contributed by atoms with Gasteiger partial charge < -0.3 is 9.88 Å². The topological polar surface area (TPSA) is 29.9 Å². The first-order chi connectivity index (χ1) is 8.44. The Labute approximate surface area is 120 Å². The standard InChI is InChI=1S/C13H18BrN3S/c1-13(2,3)16-8-12-15-6-7-17(12)9-10-4-5-11(14)18-10/h4-7,16H,8-9H2,1-3H3. The number of imidazole rings is 1. The highest BCUT2D eigenvalue weighted by atomic mass is 79.9. The molecule has 0 unspecified atom stereocenters. The quantitative estimate of drug-likeness (QED) is 0.929. The monoisotopic (exact) mass is 327 g/mol. The van der Waals surface area contributed by atoms with E-state index < -0.39 is 0 Å². The third-order valence-electron chi connectivity index (χ3n) is 2.53. The second-order valence-corrected chi connectivity index (χ2v) is 7.83. The molecular weight excluding hydrogens is 310 g/mol. The SMILES string of the molecule is CC(C)(C)NCc1nccn1Cc1ccc(Br)s1. The van der Waals surface area contributed by atoms with Crippen LogP contribution in [0.1, 0.15) is 31.5 Å². The minimum absolute atomic E-state index is 0.114. The number of thiophene rings is 1. The normalized spacial score (nSPS) is 12.0. The molecule has 0 aliphatic rings. The molecule has 0 atom stereocenters. The average Bonchev–Trinajstić information content (AvgIpc) is 2.85. The molecule has 0 saturated heterocycles. The molecule has 0 aliphatic carbocycles. The lowest BCUT2D eigenvalue weighted by Gasteiger charge is -2.20. The maximum atomic E-state index is 4.42. The van der Waals surface area contributed by atoms with Crippen LogP contribution in [0.3, 0.4) is 0 Å². The van der Waals surface area contributed by atoms with E-state index in [1.165, 1.54) is 8.66 Å². The summed E-state index contributed by atoms with van der Waals surface area (Å²) in [5, 5.41) is 3.47. The van der Waals surface area contributed by atoms with Crippen LogP contribution in [0.15, 0.2) is 28.3 Å². The van der Waals surface area contributed by atoms with Gasteiger partial charge in [-0.2, -0.15) is 0 Å². The lowest BCUT2D eigenvalue weighted by molar-refractivity contribution is 0.413. The summed E-state index contributed by atoms with van der Waals surface area (Å²) in [7, 11) is 0. The van der Waals surface area contributed by atoms with Crippen LogP contribution in [0.2, 0.25) is 0 Å². The second-order valence-electron chi connectivity index (χ2n) is 5.28. The highest BCUT2D eigenvalue weighted by Gasteiger charge is 2.11. The number of hydrogen-bond donors (Lipinski definition) is 1. The first-order valence-corrected chi connectivity index (χ1v) is 7.54. The van der Waals surface area contributed by atoms with Crippen LogP contribution in [0.25, 0.3) is 0 Å². The molecular formula is C13H18BrN3S. The summed E-state index contributed by atoms with van der Waals surface area (Å²) in [6.07, 6.45) is 3.90. The Morgan fingerprint density at radius 2 is 2.17 bits per heavy atom. The third kappa shape index (κ3) is 3.93. The molecule has 0 saturated carbocycles. The summed E-state index contributed by atoms with van der Waals surface area (Å²) >= 11 is 5.26. The highest BCUT2D eigenvalue weighted by molar-refractivity contribution is 9.11. The molecule has 98 valence electrons. The fourth-order valence-electron chi connectivity index (χ4n) is 1.60. The second kappa shape index (κ2) is 5.55. The van der Waals surface area contributed by atoms with Crippen LogP contribution in [0.4, 0.5) is 0 Å². The van der Waals surface area contributed by atoms with E-state index in [0.29, 0.717) is 0 Å². The molecule has 0 aliphatic heterocycles. The van der Waals surface area contributed by atoms with E-state index in [9.17, 15) is 0 Å². The van der Waals surface area contributed by atoms with Gasteiger partial charge in [0.25, 0.3) is 0 Å². The summed E-state index contributed by atoms with van der Waals surface area (Å²) < 4.78 is 3.36. The molecule has 0 radical (unpaired) electrons. The molecule has 0 bridgehead atoms. The molecule has 2 heterocycles. The number of nitrogens with one attached hydrogen (secondary N) is 1. The number of rotatable bonds is 4. The van der Waals surface area contributed by atoms with Gasteiger partial charge in [0.15, 0.2) is 0 Å². The van der Waals surface area contributed by atoms with E-state index >= 15 is 0 Å². The molecule has 0 spiro atoms. The zero-order chi connectivity index (χ0) is 13.2. The Balaban J connectivity index is 2.03. The van der Waals surface area contributed by atoms with Gasteiger partial charge in [0.1, 0.15) is 5.82 Å². The van der Waals surface area contributed by atoms with Crippen molar-refractivity contribution in [2.75, 3.05) is 0 Å². The smallest absolute Gasteiger partial charge is 0.122 e. The minimum atomic E-state index is 0.114. The van der Waals surface area contributed by atoms with Crippen molar-refractivity contribution < 1.29 is 0 Å². The molecule has 0 aromatic carbocycles. The van der Waals surface area contributed by atoms with Crippen molar-refractivity contribution >= 4 is 27.3 Å². The van der Waals surface area contributed by atoms with E-state index in [4.69, 9.17) is 0 Å². The summed E-state index contributed by atoms with van der Waals surface area (Å²) in [4.78, 5) is 5.75. The Morgan fingerprint density at radius 3 is 2.78 bits per heavy atom. The van der Waals surface area contributed by atoms with Crippen LogP contribution in [-0.4, -0.2) is 15.1 Å². The van der Waals surface area contributed by atoms with Gasteiger partial charge in [-0.3, -0.25) is 0 Å². The Morgan fingerprint density at radius 1 is 1.39 bits per heavy atom. The molecule has 18 heavy (non-hydrogen) atoms. The molecule has 3 nitrogen and oxygen atoms in total. The van der Waals surface area contributed by atoms with Gasteiger partial charge in [0.2, 0.25) is 0 Å². The van der Waals surface area contributed by atoms with E-state index in [1.807, 2.05) is 12.4 Å². The molecule has 2 aromatic heterocycles. The zero-order valence-electron chi connectivity index (χ0n) is 10.9. The Kier molecular flexibility index (Phi) is 4.25. The summed E-state index contributed by atoms with van der Waals surface area (Å²) in [5.41, 5.74) is 0.114. The van der Waals surface area contributed by atoms with E-state index in [2.05, 4.69) is 63.7 Å². The predicted octanol–water partition coefficient (Wildman–Crippen LogP) is 3.64. The van der Waals surface area contributed by atoms with Gasteiger partial charge in [-0.05, 0) is 48.8 Å². The zero-order valence-corrected chi connectivity index (χ0v) is 13.3. The molecule has 2 aromatic rings. The van der Waals surface area contributed by atoms with E-state index in [0.717, 1.165) is 18.9 Å². The van der Waals surface area contributed by atoms with Gasteiger partial charge >= 0.3 is 0 Å². The van der Waals surface area contributed by atoms with Gasteiger partial charge in [0, 0.05) is 22.8 Å². The largest absolute Gasteiger partial charge is 0.329 e. The van der Waals surface area contributed by atoms with Crippen LogP contribution in [-0.2, 0) is 13.1 Å². The minimum Gasteiger partial charge on any atom is -0.329 e. The molecule has 2 rings (SSSR count). The van der Waals surface area contributed by atoms with Crippen molar-refractivity contribution in [2.24, 2.45) is 0 Å². The van der Waals surface area contributed by atoms with E-state index in [-0.39, 0.29) is 5.54 Å². The first kappa shape index (κ1) is 13.8. The third-order valence-corrected chi connectivity index (χ3v) is 4.14. The molecule has 1 N–H and O–H groups in total. The lowest BCUT2D eigenvalue weighted by atomic mass is 10.1. The molecule has 0 fully saturated rings. The van der Waals surface area contributed by atoms with Crippen molar-refractivity contribution in [3.63, 3.8) is 0 Å². The predicted molar refractivity (Wildman–Crippen MR) is 79.9 cm³/mol. The maximum absolute atomic E-state index is 4.42. The van der Waals surface area contributed by atoms with Crippen LogP contribution < -0.4 is 5.32 Å². The first-order valence-electron chi connectivity index (χ1n) is 5.93. The number of aromatic nitrogens is 2. The molecule has 0 amide bonds. The molecule has 5 heteroatoms.